The summed E-state index contributed by atoms with van der Waals surface area (Å²) < 4.78 is 27.3. The van der Waals surface area contributed by atoms with Gasteiger partial charge in [0.15, 0.2) is 5.12 Å². The van der Waals surface area contributed by atoms with Crippen molar-refractivity contribution in [2.45, 2.75) is 46.3 Å². The molecule has 0 aliphatic heterocycles. The van der Waals surface area contributed by atoms with E-state index in [2.05, 4.69) is 4.99 Å². The molecular weight excluding hydrogens is 433 g/mol. The fourth-order valence-electron chi connectivity index (χ4n) is 1.94. The number of hydrogen-bond acceptors (Lipinski definition) is 8. The maximum atomic E-state index is 12.0. The minimum absolute atomic E-state index is 0.0226. The number of phosphoric acid groups is 1. The van der Waals surface area contributed by atoms with Crippen LogP contribution in [-0.4, -0.2) is 72.4 Å². The number of aliphatic imine (C=N–C) groups is 1. The van der Waals surface area contributed by atoms with Gasteiger partial charge in [0.2, 0.25) is 6.41 Å². The van der Waals surface area contributed by atoms with Crippen LogP contribution < -0.4 is 5.73 Å². The van der Waals surface area contributed by atoms with Crippen molar-refractivity contribution in [3.05, 3.63) is 12.3 Å². The van der Waals surface area contributed by atoms with E-state index in [1.165, 1.54) is 13.2 Å². The summed E-state index contributed by atoms with van der Waals surface area (Å²) in [6.07, 6.45) is 3.53. The fourth-order valence-corrected chi connectivity index (χ4v) is 3.60. The minimum atomic E-state index is -4.26. The van der Waals surface area contributed by atoms with Gasteiger partial charge in [-0.05, 0) is 19.4 Å². The zero-order valence-corrected chi connectivity index (χ0v) is 20.2. The molecule has 3 atom stereocenters. The van der Waals surface area contributed by atoms with Gasteiger partial charge in [0.05, 0.1) is 19.3 Å². The SMILES string of the molecule is COC(COP(=O)(O)OCCSC(=O)C(C)(C)C)CC(C)N(C)/C=C\C(N)=NC=O. The molecule has 0 heterocycles. The van der Waals surface area contributed by atoms with Crippen LogP contribution in [-0.2, 0) is 27.9 Å². The number of thioether (sulfide) groups is 1. The summed E-state index contributed by atoms with van der Waals surface area (Å²) in [5.74, 6) is 0.332. The van der Waals surface area contributed by atoms with Gasteiger partial charge in [0, 0.05) is 37.6 Å². The Morgan fingerprint density at radius 1 is 1.37 bits per heavy atom. The molecule has 3 N–H and O–H groups in total. The number of carbonyl (C=O) groups is 2. The van der Waals surface area contributed by atoms with Crippen LogP contribution in [0.5, 0.6) is 0 Å². The molecule has 0 rings (SSSR count). The molecule has 10 nitrogen and oxygen atoms in total. The number of nitrogens with two attached hydrogens (primary N) is 1. The van der Waals surface area contributed by atoms with Crippen molar-refractivity contribution in [2.75, 3.05) is 33.1 Å². The van der Waals surface area contributed by atoms with Crippen molar-refractivity contribution in [2.24, 2.45) is 16.1 Å². The second-order valence-corrected chi connectivity index (χ2v) is 10.1. The first-order valence-electron chi connectivity index (χ1n) is 9.31. The number of nitrogens with zero attached hydrogens (tertiary/aromatic N) is 2. The van der Waals surface area contributed by atoms with Crippen LogP contribution in [0.3, 0.4) is 0 Å². The lowest BCUT2D eigenvalue weighted by Crippen LogP contribution is -2.31. The molecule has 0 radical (unpaired) electrons. The molecule has 174 valence electrons. The van der Waals surface area contributed by atoms with Crippen LogP contribution in [0.2, 0.25) is 0 Å². The maximum absolute atomic E-state index is 12.0. The Hall–Kier alpha value is -1.23. The van der Waals surface area contributed by atoms with E-state index in [0.29, 0.717) is 12.8 Å². The number of hydrogen-bond donors (Lipinski definition) is 2. The lowest BCUT2D eigenvalue weighted by molar-refractivity contribution is -0.117. The molecule has 0 spiro atoms. The van der Waals surface area contributed by atoms with E-state index in [1.807, 2.05) is 11.8 Å². The van der Waals surface area contributed by atoms with Crippen molar-refractivity contribution >= 4 is 36.9 Å². The quantitative estimate of drug-likeness (QED) is 0.128. The first kappa shape index (κ1) is 28.8. The highest BCUT2D eigenvalue weighted by Gasteiger charge is 2.26. The van der Waals surface area contributed by atoms with Crippen LogP contribution in [0.25, 0.3) is 0 Å². The summed E-state index contributed by atoms with van der Waals surface area (Å²) >= 11 is 1.05. The third-order valence-electron chi connectivity index (χ3n) is 3.92. The molecule has 12 heteroatoms. The average Bonchev–Trinajstić information content (AvgIpc) is 2.65. The number of methoxy groups -OCH3 is 1. The van der Waals surface area contributed by atoms with Gasteiger partial charge in [0.1, 0.15) is 5.84 Å². The summed E-state index contributed by atoms with van der Waals surface area (Å²) in [6.45, 7) is 7.09. The lowest BCUT2D eigenvalue weighted by atomic mass is 10.00. The van der Waals surface area contributed by atoms with Gasteiger partial charge >= 0.3 is 7.82 Å². The first-order valence-corrected chi connectivity index (χ1v) is 11.8. The normalized spacial score (nSPS) is 16.8. The summed E-state index contributed by atoms with van der Waals surface area (Å²) in [4.78, 5) is 37.1. The molecule has 0 saturated heterocycles. The molecule has 30 heavy (non-hydrogen) atoms. The van der Waals surface area contributed by atoms with Crippen molar-refractivity contribution in [3.63, 3.8) is 0 Å². The molecule has 0 aliphatic carbocycles. The Morgan fingerprint density at radius 2 is 2.00 bits per heavy atom. The highest BCUT2D eigenvalue weighted by molar-refractivity contribution is 8.13. The van der Waals surface area contributed by atoms with Crippen LogP contribution in [0, 0.1) is 5.41 Å². The van der Waals surface area contributed by atoms with E-state index in [4.69, 9.17) is 19.5 Å². The zero-order chi connectivity index (χ0) is 23.4. The van der Waals surface area contributed by atoms with Gasteiger partial charge in [-0.2, -0.15) is 4.99 Å². The molecule has 0 aliphatic rings. The van der Waals surface area contributed by atoms with Crippen molar-refractivity contribution < 1.29 is 32.8 Å². The summed E-state index contributed by atoms with van der Waals surface area (Å²) in [7, 11) is -0.978. The van der Waals surface area contributed by atoms with Gasteiger partial charge in [-0.3, -0.25) is 18.6 Å². The van der Waals surface area contributed by atoms with Gasteiger partial charge < -0.3 is 20.3 Å². The second kappa shape index (κ2) is 14.0. The summed E-state index contributed by atoms with van der Waals surface area (Å²) in [5.41, 5.74) is 5.03. The Kier molecular flexibility index (Phi) is 13.4. The van der Waals surface area contributed by atoms with E-state index < -0.39 is 19.3 Å². The number of amides is 1. The highest BCUT2D eigenvalue weighted by Crippen LogP contribution is 2.43. The van der Waals surface area contributed by atoms with E-state index in [0.717, 1.165) is 11.8 Å². The molecule has 0 bridgehead atoms. The van der Waals surface area contributed by atoms with Gasteiger partial charge in [-0.15, -0.1) is 0 Å². The Labute approximate surface area is 182 Å². The maximum Gasteiger partial charge on any atom is 0.472 e. The average molecular weight is 468 g/mol. The third kappa shape index (κ3) is 13.1. The molecule has 3 unspecified atom stereocenters. The Balaban J connectivity index is 4.45. The predicted octanol–water partition coefficient (Wildman–Crippen LogP) is 2.18. The Morgan fingerprint density at radius 3 is 2.53 bits per heavy atom. The predicted molar refractivity (Wildman–Crippen MR) is 118 cm³/mol. The molecule has 0 aromatic carbocycles. The highest BCUT2D eigenvalue weighted by atomic mass is 32.2. The smallest absolute Gasteiger partial charge is 0.384 e. The van der Waals surface area contributed by atoms with E-state index >= 15 is 0 Å². The number of rotatable bonds is 14. The van der Waals surface area contributed by atoms with Gasteiger partial charge in [-0.25, -0.2) is 4.57 Å². The summed E-state index contributed by atoms with van der Waals surface area (Å²) in [5, 5.41) is -0.0226. The molecule has 0 aromatic rings. The van der Waals surface area contributed by atoms with Crippen molar-refractivity contribution in [3.8, 4) is 0 Å². The minimum Gasteiger partial charge on any atom is -0.384 e. The first-order chi connectivity index (χ1) is 13.8. The molecule has 0 saturated carbocycles. The topological polar surface area (TPSA) is 141 Å². The van der Waals surface area contributed by atoms with Crippen molar-refractivity contribution in [1.29, 1.82) is 0 Å². The van der Waals surface area contributed by atoms with E-state index in [1.54, 1.807) is 34.0 Å². The standard InChI is InChI=1S/C18H34N3O7PS/c1-14(21(5)8-7-16(19)20-13-22)11-15(26-6)12-28-29(24,25)27-9-10-30-17(23)18(2,3)4/h7-8,13-15H,9-12H2,1-6H3,(H,24,25)(H2,19,20,22)/b8-7-. The number of amidine groups is 1. The zero-order valence-electron chi connectivity index (χ0n) is 18.4. The van der Waals surface area contributed by atoms with Crippen LogP contribution in [0.4, 0.5) is 0 Å². The third-order valence-corrected chi connectivity index (χ3v) is 6.15. The molecule has 0 fully saturated rings. The largest absolute Gasteiger partial charge is 0.472 e. The van der Waals surface area contributed by atoms with E-state index in [9.17, 15) is 19.0 Å². The van der Waals surface area contributed by atoms with Crippen LogP contribution >= 0.6 is 19.6 Å². The fraction of sp³-hybridized carbons (Fsp3) is 0.722. The van der Waals surface area contributed by atoms with Gasteiger partial charge in [0.25, 0.3) is 0 Å². The number of ether oxygens (including phenoxy) is 1. The van der Waals surface area contributed by atoms with Crippen LogP contribution in [0.15, 0.2) is 17.3 Å². The number of carbonyl (C=O) groups excluding carboxylic acids is 2. The summed E-state index contributed by atoms with van der Waals surface area (Å²) in [6, 6.07) is -0.0300. The lowest BCUT2D eigenvalue weighted by Gasteiger charge is -2.27. The monoisotopic (exact) mass is 467 g/mol. The van der Waals surface area contributed by atoms with Gasteiger partial charge in [-0.1, -0.05) is 32.5 Å². The molecule has 0 aromatic heterocycles. The van der Waals surface area contributed by atoms with Crippen molar-refractivity contribution in [1.82, 2.24) is 4.90 Å². The second-order valence-electron chi connectivity index (χ2n) is 7.57. The number of phosphoric ester groups is 1. The Bertz CT molecular complexity index is 652. The van der Waals surface area contributed by atoms with Crippen LogP contribution in [0.1, 0.15) is 34.1 Å². The van der Waals surface area contributed by atoms with E-state index in [-0.39, 0.29) is 36.0 Å². The molecule has 1 amide bonds. The molecular formula is C18H34N3O7PS.